The number of hydrogen-bond acceptors (Lipinski definition) is 2. The summed E-state index contributed by atoms with van der Waals surface area (Å²) >= 11 is 6.04. The van der Waals surface area contributed by atoms with E-state index in [9.17, 15) is 0 Å². The number of halogens is 1. The molecule has 0 amide bonds. The molecule has 0 bridgehead atoms. The molecule has 1 heterocycles. The molecule has 3 rings (SSSR count). The second kappa shape index (κ2) is 5.97. The Morgan fingerprint density at radius 1 is 1.05 bits per heavy atom. The van der Waals surface area contributed by atoms with Crippen molar-refractivity contribution in [2.75, 3.05) is 6.61 Å². The summed E-state index contributed by atoms with van der Waals surface area (Å²) in [7, 11) is 0. The lowest BCUT2D eigenvalue weighted by Gasteiger charge is -2.08. The van der Waals surface area contributed by atoms with Gasteiger partial charge < -0.3 is 4.74 Å². The van der Waals surface area contributed by atoms with Gasteiger partial charge in [0.1, 0.15) is 5.75 Å². The average molecular weight is 287 g/mol. The molecule has 3 nitrogen and oxygen atoms in total. The normalized spacial score (nSPS) is 10.8. The smallest absolute Gasteiger partial charge is 0.137 e. The van der Waals surface area contributed by atoms with E-state index in [4.69, 9.17) is 16.3 Å². The minimum absolute atomic E-state index is 0.623. The van der Waals surface area contributed by atoms with Crippen molar-refractivity contribution in [2.24, 2.45) is 0 Å². The van der Waals surface area contributed by atoms with Crippen LogP contribution in [0.25, 0.3) is 10.9 Å². The first-order valence-corrected chi connectivity index (χ1v) is 7.00. The summed E-state index contributed by atoms with van der Waals surface area (Å²) in [5.41, 5.74) is 1.16. The Balaban J connectivity index is 1.57. The average Bonchev–Trinajstić information content (AvgIpc) is 2.89. The molecule has 0 atom stereocenters. The van der Waals surface area contributed by atoms with Gasteiger partial charge >= 0.3 is 0 Å². The molecular formula is C16H15ClN2O. The molecule has 0 N–H and O–H groups in total. The van der Waals surface area contributed by atoms with Crippen LogP contribution in [0.3, 0.4) is 0 Å². The SMILES string of the molecule is Clc1ccccc1OCCCn1ncc2ccccc21. The molecule has 0 radical (unpaired) electrons. The summed E-state index contributed by atoms with van der Waals surface area (Å²) in [6.45, 7) is 1.45. The molecule has 102 valence electrons. The quantitative estimate of drug-likeness (QED) is 0.659. The summed E-state index contributed by atoms with van der Waals surface area (Å²) in [6.07, 6.45) is 2.78. The molecule has 0 saturated carbocycles. The van der Waals surface area contributed by atoms with E-state index in [0.717, 1.165) is 24.2 Å². The van der Waals surface area contributed by atoms with Gasteiger partial charge in [-0.2, -0.15) is 5.10 Å². The summed E-state index contributed by atoms with van der Waals surface area (Å²) < 4.78 is 7.68. The molecule has 0 spiro atoms. The summed E-state index contributed by atoms with van der Waals surface area (Å²) in [6, 6.07) is 15.7. The van der Waals surface area contributed by atoms with E-state index in [0.29, 0.717) is 11.6 Å². The molecule has 2 aromatic carbocycles. The Kier molecular flexibility index (Phi) is 3.88. The van der Waals surface area contributed by atoms with Crippen LogP contribution in [-0.2, 0) is 6.54 Å². The minimum Gasteiger partial charge on any atom is -0.492 e. The van der Waals surface area contributed by atoms with Crippen molar-refractivity contribution in [2.45, 2.75) is 13.0 Å². The van der Waals surface area contributed by atoms with E-state index < -0.39 is 0 Å². The standard InChI is InChI=1S/C16H15ClN2O/c17-14-7-2-4-9-16(14)20-11-5-10-19-15-8-3-1-6-13(15)12-18-19/h1-4,6-9,12H,5,10-11H2. The van der Waals surface area contributed by atoms with Gasteiger partial charge in [0, 0.05) is 18.4 Å². The highest BCUT2D eigenvalue weighted by atomic mass is 35.5. The highest BCUT2D eigenvalue weighted by Crippen LogP contribution is 2.23. The first-order chi connectivity index (χ1) is 9.84. The largest absolute Gasteiger partial charge is 0.492 e. The molecule has 0 saturated heterocycles. The lowest BCUT2D eigenvalue weighted by Crippen LogP contribution is -2.05. The number of ether oxygens (including phenoxy) is 1. The number of nitrogens with zero attached hydrogens (tertiary/aromatic N) is 2. The van der Waals surface area contributed by atoms with E-state index in [1.54, 1.807) is 0 Å². The van der Waals surface area contributed by atoms with Gasteiger partial charge in [0.15, 0.2) is 0 Å². The van der Waals surface area contributed by atoms with E-state index in [-0.39, 0.29) is 0 Å². The number of para-hydroxylation sites is 2. The van der Waals surface area contributed by atoms with Crippen LogP contribution < -0.4 is 4.74 Å². The van der Waals surface area contributed by atoms with Crippen molar-refractivity contribution in [1.29, 1.82) is 0 Å². The van der Waals surface area contributed by atoms with Gasteiger partial charge in [-0.05, 0) is 18.2 Å². The fourth-order valence-corrected chi connectivity index (χ4v) is 2.35. The highest BCUT2D eigenvalue weighted by molar-refractivity contribution is 6.32. The number of aromatic nitrogens is 2. The fraction of sp³-hybridized carbons (Fsp3) is 0.188. The van der Waals surface area contributed by atoms with Crippen LogP contribution in [-0.4, -0.2) is 16.4 Å². The van der Waals surface area contributed by atoms with Crippen LogP contribution in [0.4, 0.5) is 0 Å². The Morgan fingerprint density at radius 3 is 2.75 bits per heavy atom. The van der Waals surface area contributed by atoms with Crippen LogP contribution in [0.5, 0.6) is 5.75 Å². The highest BCUT2D eigenvalue weighted by Gasteiger charge is 2.02. The third-order valence-electron chi connectivity index (χ3n) is 3.16. The molecule has 0 aliphatic heterocycles. The molecular weight excluding hydrogens is 272 g/mol. The number of aryl methyl sites for hydroxylation is 1. The van der Waals surface area contributed by atoms with Crippen molar-refractivity contribution in [3.8, 4) is 5.75 Å². The molecule has 0 unspecified atom stereocenters. The number of benzene rings is 2. The number of hydrogen-bond donors (Lipinski definition) is 0. The maximum absolute atomic E-state index is 6.04. The van der Waals surface area contributed by atoms with Crippen molar-refractivity contribution in [1.82, 2.24) is 9.78 Å². The molecule has 0 fully saturated rings. The summed E-state index contributed by atoms with van der Waals surface area (Å²) in [5, 5.41) is 6.21. The Hall–Kier alpha value is -2.00. The first kappa shape index (κ1) is 13.0. The van der Waals surface area contributed by atoms with Gasteiger partial charge in [-0.15, -0.1) is 0 Å². The van der Waals surface area contributed by atoms with Crippen molar-refractivity contribution >= 4 is 22.5 Å². The van der Waals surface area contributed by atoms with E-state index in [1.807, 2.05) is 47.3 Å². The van der Waals surface area contributed by atoms with Gasteiger partial charge in [-0.3, -0.25) is 4.68 Å². The Bertz CT molecular complexity index is 708. The van der Waals surface area contributed by atoms with Crippen molar-refractivity contribution < 1.29 is 4.74 Å². The zero-order chi connectivity index (χ0) is 13.8. The van der Waals surface area contributed by atoms with Gasteiger partial charge in [0.05, 0.1) is 23.3 Å². The summed E-state index contributed by atoms with van der Waals surface area (Å²) in [5.74, 6) is 0.736. The number of fused-ring (bicyclic) bond motifs is 1. The topological polar surface area (TPSA) is 27.1 Å². The monoisotopic (exact) mass is 286 g/mol. The zero-order valence-electron chi connectivity index (χ0n) is 11.0. The summed E-state index contributed by atoms with van der Waals surface area (Å²) in [4.78, 5) is 0. The van der Waals surface area contributed by atoms with Crippen LogP contribution in [0.1, 0.15) is 6.42 Å². The molecule has 1 aromatic heterocycles. The Labute approximate surface area is 122 Å². The van der Waals surface area contributed by atoms with Crippen LogP contribution >= 0.6 is 11.6 Å². The Morgan fingerprint density at radius 2 is 1.85 bits per heavy atom. The first-order valence-electron chi connectivity index (χ1n) is 6.62. The van der Waals surface area contributed by atoms with E-state index >= 15 is 0 Å². The molecule has 0 aliphatic rings. The predicted molar refractivity (Wildman–Crippen MR) is 81.3 cm³/mol. The van der Waals surface area contributed by atoms with Gasteiger partial charge in [-0.1, -0.05) is 41.9 Å². The van der Waals surface area contributed by atoms with Crippen molar-refractivity contribution in [3.05, 3.63) is 59.8 Å². The second-order valence-electron chi connectivity index (χ2n) is 4.56. The molecule has 3 aromatic rings. The third-order valence-corrected chi connectivity index (χ3v) is 3.47. The van der Waals surface area contributed by atoms with Crippen LogP contribution in [0, 0.1) is 0 Å². The maximum atomic E-state index is 6.04. The lowest BCUT2D eigenvalue weighted by atomic mass is 10.2. The minimum atomic E-state index is 0.623. The predicted octanol–water partition coefficient (Wildman–Crippen LogP) is 4.16. The number of rotatable bonds is 5. The van der Waals surface area contributed by atoms with Crippen LogP contribution in [0.2, 0.25) is 5.02 Å². The third kappa shape index (κ3) is 2.78. The van der Waals surface area contributed by atoms with Gasteiger partial charge in [-0.25, -0.2) is 0 Å². The van der Waals surface area contributed by atoms with E-state index in [2.05, 4.69) is 17.2 Å². The maximum Gasteiger partial charge on any atom is 0.137 e. The second-order valence-corrected chi connectivity index (χ2v) is 4.97. The molecule has 0 aliphatic carbocycles. The van der Waals surface area contributed by atoms with Crippen LogP contribution in [0.15, 0.2) is 54.7 Å². The zero-order valence-corrected chi connectivity index (χ0v) is 11.8. The molecule has 20 heavy (non-hydrogen) atoms. The fourth-order valence-electron chi connectivity index (χ4n) is 2.16. The lowest BCUT2D eigenvalue weighted by molar-refractivity contribution is 0.300. The van der Waals surface area contributed by atoms with Gasteiger partial charge in [0.2, 0.25) is 0 Å². The van der Waals surface area contributed by atoms with E-state index in [1.165, 1.54) is 5.39 Å². The van der Waals surface area contributed by atoms with Gasteiger partial charge in [0.25, 0.3) is 0 Å². The molecule has 4 heteroatoms. The van der Waals surface area contributed by atoms with Crippen molar-refractivity contribution in [3.63, 3.8) is 0 Å².